The molecule has 3 saturated heterocycles. The highest BCUT2D eigenvalue weighted by atomic mass is 16.8. The lowest BCUT2D eigenvalue weighted by Gasteiger charge is -2.57. The van der Waals surface area contributed by atoms with Gasteiger partial charge in [0.1, 0.15) is 42.7 Å². The number of aliphatic hydroxyl groups is 7. The lowest BCUT2D eigenvalue weighted by molar-refractivity contribution is -0.370. The molecule has 0 radical (unpaired) electrons. The highest BCUT2D eigenvalue weighted by molar-refractivity contribution is 5.94. The Morgan fingerprint density at radius 1 is 0.769 bits per heavy atom. The molecule has 52 heavy (non-hydrogen) atoms. The summed E-state index contributed by atoms with van der Waals surface area (Å²) < 4.78 is 30.0. The third-order valence-electron chi connectivity index (χ3n) is 15.1. The van der Waals surface area contributed by atoms with Gasteiger partial charge in [0.2, 0.25) is 0 Å². The van der Waals surface area contributed by atoms with E-state index in [1.54, 1.807) is 0 Å². The predicted octanol–water partition coefficient (Wildman–Crippen LogP) is 1.55. The van der Waals surface area contributed by atoms with E-state index < -0.39 is 80.4 Å². The quantitative estimate of drug-likeness (QED) is 0.198. The highest BCUT2D eigenvalue weighted by Crippen LogP contribution is 2.67. The lowest BCUT2D eigenvalue weighted by Crippen LogP contribution is -2.64. The van der Waals surface area contributed by atoms with E-state index in [2.05, 4.69) is 20.8 Å². The minimum atomic E-state index is -1.66. The largest absolute Gasteiger partial charge is 0.394 e. The smallest absolute Gasteiger partial charge is 0.187 e. The van der Waals surface area contributed by atoms with Crippen LogP contribution < -0.4 is 0 Å². The summed E-state index contributed by atoms with van der Waals surface area (Å²) in [5.74, 6) is 1.36. The fourth-order valence-corrected chi connectivity index (χ4v) is 11.7. The molecular weight excluding hydrogens is 676 g/mol. The molecule has 6 fully saturated rings. The van der Waals surface area contributed by atoms with Crippen LogP contribution in [0.1, 0.15) is 92.4 Å². The normalized spacial score (nSPS) is 54.5. The second-order valence-electron chi connectivity index (χ2n) is 17.9. The van der Waals surface area contributed by atoms with Crippen molar-refractivity contribution in [2.75, 3.05) is 6.61 Å². The number of ether oxygens (including phenoxy) is 5. The standard InChI is InChI=1S/C39H62O13/c1-17-6-9-27(50-35(17)47)18(2)22-7-8-23-21-15-26(41)25-14-20(10-12-39(25,5)24(21)11-13-38(22,23)4)49-37-34(32(45)30(43)28(16-40)51-37)52-36-33(46)31(44)29(42)19(3)48-36/h15,17-20,22-25,27-37,40,42-47H,6-14,16H2,1-5H3/t17?,18-,19-,20-,22+,23-,24-,25+,27?,28+,29-,30+,31+,32-,33+,34+,35?,36-,37+,38+,39+/m0/s1. The van der Waals surface area contributed by atoms with Crippen LogP contribution in [0.4, 0.5) is 0 Å². The number of carbonyl (C=O) groups excluding carboxylic acids is 1. The molecule has 4 aliphatic carbocycles. The van der Waals surface area contributed by atoms with Crippen LogP contribution in [0.2, 0.25) is 0 Å². The van der Waals surface area contributed by atoms with E-state index in [0.717, 1.165) is 44.9 Å². The summed E-state index contributed by atoms with van der Waals surface area (Å²) in [6.45, 7) is 9.92. The van der Waals surface area contributed by atoms with Crippen LogP contribution in [-0.4, -0.2) is 128 Å². The van der Waals surface area contributed by atoms with Gasteiger partial charge < -0.3 is 59.4 Å². The molecule has 13 heteroatoms. The van der Waals surface area contributed by atoms with E-state index in [0.29, 0.717) is 30.6 Å². The molecule has 13 nitrogen and oxygen atoms in total. The molecule has 3 heterocycles. The Kier molecular flexibility index (Phi) is 11.1. The molecule has 0 aromatic carbocycles. The lowest BCUT2D eigenvalue weighted by atomic mass is 9.47. The van der Waals surface area contributed by atoms with Crippen molar-refractivity contribution in [3.8, 4) is 0 Å². The molecule has 3 saturated carbocycles. The molecule has 3 unspecified atom stereocenters. The van der Waals surface area contributed by atoms with Crippen LogP contribution in [0.3, 0.4) is 0 Å². The zero-order valence-electron chi connectivity index (χ0n) is 31.2. The van der Waals surface area contributed by atoms with Crippen molar-refractivity contribution in [2.45, 2.75) is 172 Å². The van der Waals surface area contributed by atoms with E-state index in [9.17, 15) is 40.5 Å². The number of carbonyl (C=O) groups is 1. The van der Waals surface area contributed by atoms with Gasteiger partial charge in [0.25, 0.3) is 0 Å². The number of aliphatic hydroxyl groups excluding tert-OH is 7. The Morgan fingerprint density at radius 2 is 1.48 bits per heavy atom. The predicted molar refractivity (Wildman–Crippen MR) is 184 cm³/mol. The number of allylic oxidation sites excluding steroid dienone is 2. The molecule has 3 aliphatic heterocycles. The molecular formula is C39H62O13. The van der Waals surface area contributed by atoms with Gasteiger partial charge >= 0.3 is 0 Å². The first-order valence-corrected chi connectivity index (χ1v) is 19.8. The third-order valence-corrected chi connectivity index (χ3v) is 15.1. The zero-order valence-corrected chi connectivity index (χ0v) is 31.2. The maximum absolute atomic E-state index is 14.2. The average molecular weight is 739 g/mol. The van der Waals surface area contributed by atoms with E-state index in [1.165, 1.54) is 12.5 Å². The van der Waals surface area contributed by atoms with Gasteiger partial charge in [-0.2, -0.15) is 0 Å². The zero-order chi connectivity index (χ0) is 37.4. The Morgan fingerprint density at radius 3 is 2.19 bits per heavy atom. The molecule has 296 valence electrons. The van der Waals surface area contributed by atoms with Crippen LogP contribution in [0, 0.1) is 46.3 Å². The van der Waals surface area contributed by atoms with E-state index in [-0.39, 0.29) is 40.5 Å². The second kappa shape index (κ2) is 14.8. The molecule has 0 aromatic rings. The first-order valence-electron chi connectivity index (χ1n) is 19.8. The minimum Gasteiger partial charge on any atom is -0.394 e. The SMILES string of the molecule is CC1CCC([C@@H](C)[C@H]2CC[C@H]3C4=CC(=O)[C@H]5C[C@@H](O[C@@H]6O[C@H](CO)[C@@H](O)[C@H](O)[C@H]6O[C@@H]6O[C@@H](C)[C@H](O)[C@@H](O)[C@H]6O)CC[C@]5(C)[C@H]4CC[C@]23C)OC1O. The summed E-state index contributed by atoms with van der Waals surface area (Å²) in [6.07, 6.45) is -5.20. The van der Waals surface area contributed by atoms with Crippen LogP contribution >= 0.6 is 0 Å². The van der Waals surface area contributed by atoms with Gasteiger partial charge in [-0.25, -0.2) is 0 Å². The highest BCUT2D eigenvalue weighted by Gasteiger charge is 2.61. The first-order chi connectivity index (χ1) is 24.6. The molecule has 21 atom stereocenters. The Bertz CT molecular complexity index is 1330. The van der Waals surface area contributed by atoms with Crippen molar-refractivity contribution in [1.29, 1.82) is 0 Å². The summed E-state index contributed by atoms with van der Waals surface area (Å²) >= 11 is 0. The van der Waals surface area contributed by atoms with Gasteiger partial charge in [-0.1, -0.05) is 33.3 Å². The minimum absolute atomic E-state index is 0.0436. The number of rotatable bonds is 7. The fourth-order valence-electron chi connectivity index (χ4n) is 11.7. The first kappa shape index (κ1) is 39.2. The monoisotopic (exact) mass is 738 g/mol. The molecule has 0 bridgehead atoms. The van der Waals surface area contributed by atoms with Crippen molar-refractivity contribution >= 4 is 5.78 Å². The van der Waals surface area contributed by atoms with Crippen molar-refractivity contribution in [2.24, 2.45) is 46.3 Å². The molecule has 0 spiro atoms. The molecule has 0 amide bonds. The van der Waals surface area contributed by atoms with Gasteiger partial charge in [-0.15, -0.1) is 0 Å². The molecule has 0 aromatic heterocycles. The summed E-state index contributed by atoms with van der Waals surface area (Å²) in [5, 5.41) is 73.3. The van der Waals surface area contributed by atoms with Crippen LogP contribution in [-0.2, 0) is 28.5 Å². The molecule has 7 aliphatic rings. The van der Waals surface area contributed by atoms with Gasteiger partial charge in [0, 0.05) is 11.8 Å². The van der Waals surface area contributed by atoms with Crippen LogP contribution in [0.25, 0.3) is 0 Å². The van der Waals surface area contributed by atoms with Crippen LogP contribution in [0.5, 0.6) is 0 Å². The van der Waals surface area contributed by atoms with E-state index in [4.69, 9.17) is 23.7 Å². The van der Waals surface area contributed by atoms with E-state index >= 15 is 0 Å². The van der Waals surface area contributed by atoms with Crippen molar-refractivity contribution in [1.82, 2.24) is 0 Å². The van der Waals surface area contributed by atoms with Gasteiger partial charge in [-0.05, 0) is 105 Å². The van der Waals surface area contributed by atoms with E-state index in [1.807, 2.05) is 13.0 Å². The number of ketones is 1. The number of fused-ring (bicyclic) bond motifs is 5. The molecule has 7 rings (SSSR count). The number of hydrogen-bond donors (Lipinski definition) is 7. The van der Waals surface area contributed by atoms with Crippen molar-refractivity contribution in [3.05, 3.63) is 11.6 Å². The number of hydrogen-bond acceptors (Lipinski definition) is 13. The summed E-state index contributed by atoms with van der Waals surface area (Å²) in [7, 11) is 0. The fraction of sp³-hybridized carbons (Fsp3) is 0.923. The summed E-state index contributed by atoms with van der Waals surface area (Å²) in [5.41, 5.74) is 1.12. The maximum Gasteiger partial charge on any atom is 0.187 e. The topological polar surface area (TPSA) is 205 Å². The Hall–Kier alpha value is -1.07. The third kappa shape index (κ3) is 6.56. The summed E-state index contributed by atoms with van der Waals surface area (Å²) in [6, 6.07) is 0. The molecule has 7 N–H and O–H groups in total. The second-order valence-corrected chi connectivity index (χ2v) is 17.9. The Labute approximate surface area is 306 Å². The van der Waals surface area contributed by atoms with Crippen molar-refractivity contribution in [3.63, 3.8) is 0 Å². The van der Waals surface area contributed by atoms with Crippen LogP contribution in [0.15, 0.2) is 11.6 Å². The van der Waals surface area contributed by atoms with Crippen molar-refractivity contribution < 1.29 is 64.2 Å². The Balaban J connectivity index is 1.06. The van der Waals surface area contributed by atoms with Gasteiger partial charge in [0.15, 0.2) is 24.7 Å². The van der Waals surface area contributed by atoms with Gasteiger partial charge in [-0.3, -0.25) is 4.79 Å². The average Bonchev–Trinajstić information content (AvgIpc) is 3.47. The maximum atomic E-state index is 14.2. The van der Waals surface area contributed by atoms with Gasteiger partial charge in [0.05, 0.1) is 24.9 Å². The summed E-state index contributed by atoms with van der Waals surface area (Å²) in [4.78, 5) is 14.2.